The topological polar surface area (TPSA) is 24.9 Å². The number of halogens is 3. The van der Waals surface area contributed by atoms with Crippen LogP contribution in [0.25, 0.3) is 16.9 Å². The number of methoxy groups -OCH3 is 1. The summed E-state index contributed by atoms with van der Waals surface area (Å²) in [6.45, 7) is 9.44. The molecule has 1 fully saturated rings. The van der Waals surface area contributed by atoms with E-state index in [1.807, 2.05) is 44.1 Å². The second-order valence-electron chi connectivity index (χ2n) is 7.56. The van der Waals surface area contributed by atoms with E-state index in [1.54, 1.807) is 7.11 Å². The summed E-state index contributed by atoms with van der Waals surface area (Å²) in [5.74, 6) is 0.486. The minimum atomic E-state index is -4.37. The molecule has 162 valence electrons. The quantitative estimate of drug-likeness (QED) is 0.601. The summed E-state index contributed by atoms with van der Waals surface area (Å²) in [6, 6.07) is 10.9. The molecule has 0 aromatic heterocycles. The molecule has 2 atom stereocenters. The lowest BCUT2D eigenvalue weighted by Crippen LogP contribution is -2.53. The summed E-state index contributed by atoms with van der Waals surface area (Å²) in [4.78, 5) is 0. The molecule has 1 aliphatic heterocycles. The molecule has 0 amide bonds. The van der Waals surface area contributed by atoms with Crippen LogP contribution in [0.15, 0.2) is 49.0 Å². The third kappa shape index (κ3) is 4.63. The number of hydrazine groups is 1. The van der Waals surface area contributed by atoms with E-state index in [-0.39, 0.29) is 12.2 Å². The zero-order valence-corrected chi connectivity index (χ0v) is 17.7. The van der Waals surface area contributed by atoms with Gasteiger partial charge in [-0.2, -0.15) is 13.2 Å². The first-order valence-corrected chi connectivity index (χ1v) is 9.79. The molecule has 0 saturated carbocycles. The summed E-state index contributed by atoms with van der Waals surface area (Å²) in [5.41, 5.74) is 2.42. The third-order valence-electron chi connectivity index (χ3n) is 5.25. The Morgan fingerprint density at radius 1 is 1.10 bits per heavy atom. The van der Waals surface area contributed by atoms with Crippen LogP contribution >= 0.6 is 0 Å². The van der Waals surface area contributed by atoms with Gasteiger partial charge in [-0.3, -0.25) is 0 Å². The van der Waals surface area contributed by atoms with Crippen LogP contribution in [-0.2, 0) is 15.7 Å². The Morgan fingerprint density at radius 3 is 2.23 bits per heavy atom. The van der Waals surface area contributed by atoms with E-state index in [1.165, 1.54) is 12.1 Å². The van der Waals surface area contributed by atoms with Gasteiger partial charge in [0.2, 0.25) is 0 Å². The molecule has 2 aromatic carbocycles. The lowest BCUT2D eigenvalue weighted by atomic mass is 9.97. The number of morpholine rings is 1. The Labute approximate surface area is 175 Å². The number of alkyl halides is 3. The zero-order chi connectivity index (χ0) is 22.1. The van der Waals surface area contributed by atoms with Crippen molar-refractivity contribution in [2.24, 2.45) is 0 Å². The Morgan fingerprint density at radius 2 is 1.70 bits per heavy atom. The van der Waals surface area contributed by atoms with Crippen molar-refractivity contribution < 1.29 is 22.6 Å². The number of para-hydroxylation sites is 1. The number of nitrogens with zero attached hydrogens (tertiary/aromatic N) is 2. The average Bonchev–Trinajstić information content (AvgIpc) is 2.70. The van der Waals surface area contributed by atoms with Crippen molar-refractivity contribution in [2.75, 3.05) is 32.3 Å². The number of hydrogen-bond acceptors (Lipinski definition) is 4. The molecule has 3 rings (SSSR count). The van der Waals surface area contributed by atoms with E-state index in [2.05, 4.69) is 11.6 Å². The van der Waals surface area contributed by atoms with Crippen molar-refractivity contribution in [1.29, 1.82) is 0 Å². The molecule has 1 heterocycles. The van der Waals surface area contributed by atoms with Crippen molar-refractivity contribution in [1.82, 2.24) is 5.01 Å². The highest BCUT2D eigenvalue weighted by Crippen LogP contribution is 2.39. The smallest absolute Gasteiger partial charge is 0.416 e. The molecule has 0 aliphatic carbocycles. The summed E-state index contributed by atoms with van der Waals surface area (Å²) < 4.78 is 50.3. The normalized spacial score (nSPS) is 20.1. The summed E-state index contributed by atoms with van der Waals surface area (Å²) in [5, 5.41) is 4.20. The number of benzene rings is 2. The van der Waals surface area contributed by atoms with E-state index < -0.39 is 11.7 Å². The molecule has 4 nitrogen and oxygen atoms in total. The molecule has 0 unspecified atom stereocenters. The highest BCUT2D eigenvalue weighted by molar-refractivity contribution is 5.86. The van der Waals surface area contributed by atoms with E-state index in [0.29, 0.717) is 24.4 Å². The van der Waals surface area contributed by atoms with Gasteiger partial charge in [0.15, 0.2) is 0 Å². The van der Waals surface area contributed by atoms with Gasteiger partial charge in [0.1, 0.15) is 5.76 Å². The standard InChI is InChI=1S/C23H27F3N2O2/c1-15-13-28(14-16(2)30-15)27(4)22-20(17(3)29-5)7-6-8-21(22)18-9-11-19(12-10-18)23(24,25)26/h6-12,15-16H,3,13-14H2,1-2,4-5H3/t15-,16+. The number of anilines is 1. The lowest BCUT2D eigenvalue weighted by molar-refractivity contribution is -0.137. The van der Waals surface area contributed by atoms with Crippen LogP contribution in [-0.4, -0.2) is 44.5 Å². The summed E-state index contributed by atoms with van der Waals surface area (Å²) in [7, 11) is 3.50. The maximum absolute atomic E-state index is 13.0. The van der Waals surface area contributed by atoms with Gasteiger partial charge in [-0.25, -0.2) is 5.01 Å². The first-order chi connectivity index (χ1) is 14.1. The SMILES string of the molecule is C=C(OC)c1cccc(-c2ccc(C(F)(F)F)cc2)c1N(C)N1C[C@@H](C)O[C@@H](C)C1. The predicted molar refractivity (Wildman–Crippen MR) is 113 cm³/mol. The van der Waals surface area contributed by atoms with Crippen molar-refractivity contribution in [3.63, 3.8) is 0 Å². The van der Waals surface area contributed by atoms with Crippen LogP contribution in [0.4, 0.5) is 18.9 Å². The highest BCUT2D eigenvalue weighted by atomic mass is 19.4. The van der Waals surface area contributed by atoms with Crippen LogP contribution in [0.2, 0.25) is 0 Å². The highest BCUT2D eigenvalue weighted by Gasteiger charge is 2.31. The molecule has 0 radical (unpaired) electrons. The summed E-state index contributed by atoms with van der Waals surface area (Å²) in [6.07, 6.45) is -4.25. The molecule has 0 N–H and O–H groups in total. The fourth-order valence-corrected chi connectivity index (χ4v) is 3.84. The number of ether oxygens (including phenoxy) is 2. The minimum absolute atomic E-state index is 0.0588. The molecule has 0 bridgehead atoms. The fourth-order valence-electron chi connectivity index (χ4n) is 3.84. The first-order valence-electron chi connectivity index (χ1n) is 9.79. The van der Waals surface area contributed by atoms with Gasteiger partial charge >= 0.3 is 6.18 Å². The van der Waals surface area contributed by atoms with Crippen LogP contribution in [0, 0.1) is 0 Å². The van der Waals surface area contributed by atoms with E-state index in [0.717, 1.165) is 28.9 Å². The molecule has 7 heteroatoms. The molecule has 1 saturated heterocycles. The van der Waals surface area contributed by atoms with Crippen molar-refractivity contribution in [3.05, 3.63) is 60.2 Å². The fraction of sp³-hybridized carbons (Fsp3) is 0.391. The molecule has 1 aliphatic rings. The molecule has 30 heavy (non-hydrogen) atoms. The van der Waals surface area contributed by atoms with E-state index in [9.17, 15) is 13.2 Å². The minimum Gasteiger partial charge on any atom is -0.497 e. The monoisotopic (exact) mass is 420 g/mol. The maximum atomic E-state index is 13.0. The van der Waals surface area contributed by atoms with Gasteiger partial charge in [0.05, 0.1) is 30.6 Å². The third-order valence-corrected chi connectivity index (χ3v) is 5.25. The summed E-state index contributed by atoms with van der Waals surface area (Å²) >= 11 is 0. The Balaban J connectivity index is 2.09. The van der Waals surface area contributed by atoms with Crippen LogP contribution in [0.1, 0.15) is 25.0 Å². The number of hydrogen-bond donors (Lipinski definition) is 0. The van der Waals surface area contributed by atoms with Gasteiger partial charge in [-0.1, -0.05) is 30.8 Å². The van der Waals surface area contributed by atoms with Crippen LogP contribution in [0.3, 0.4) is 0 Å². The lowest BCUT2D eigenvalue weighted by Gasteiger charge is -2.42. The maximum Gasteiger partial charge on any atom is 0.416 e. The molecule has 2 aromatic rings. The first kappa shape index (κ1) is 22.2. The van der Waals surface area contributed by atoms with E-state index in [4.69, 9.17) is 9.47 Å². The van der Waals surface area contributed by atoms with Gasteiger partial charge in [0, 0.05) is 31.3 Å². The second-order valence-corrected chi connectivity index (χ2v) is 7.56. The van der Waals surface area contributed by atoms with Crippen molar-refractivity contribution >= 4 is 11.4 Å². The Bertz CT molecular complexity index is 886. The van der Waals surface area contributed by atoms with Crippen LogP contribution in [0.5, 0.6) is 0 Å². The van der Waals surface area contributed by atoms with Crippen molar-refractivity contribution in [2.45, 2.75) is 32.2 Å². The Kier molecular flexibility index (Phi) is 6.43. The molecular weight excluding hydrogens is 393 g/mol. The van der Waals surface area contributed by atoms with Gasteiger partial charge in [-0.15, -0.1) is 0 Å². The predicted octanol–water partition coefficient (Wildman–Crippen LogP) is 5.45. The van der Waals surface area contributed by atoms with Gasteiger partial charge in [-0.05, 0) is 37.6 Å². The number of rotatable bonds is 5. The van der Waals surface area contributed by atoms with Crippen molar-refractivity contribution in [3.8, 4) is 11.1 Å². The van der Waals surface area contributed by atoms with E-state index >= 15 is 0 Å². The van der Waals surface area contributed by atoms with Gasteiger partial charge in [0.25, 0.3) is 0 Å². The molecule has 0 spiro atoms. The van der Waals surface area contributed by atoms with Gasteiger partial charge < -0.3 is 14.5 Å². The largest absolute Gasteiger partial charge is 0.497 e. The zero-order valence-electron chi connectivity index (χ0n) is 17.7. The molecular formula is C23H27F3N2O2. The Hall–Kier alpha value is -2.51. The second kappa shape index (κ2) is 8.70. The van der Waals surface area contributed by atoms with Crippen LogP contribution < -0.4 is 5.01 Å². The average molecular weight is 420 g/mol.